The summed E-state index contributed by atoms with van der Waals surface area (Å²) in [7, 11) is 0. The minimum atomic E-state index is -0.796. The van der Waals surface area contributed by atoms with Gasteiger partial charge in [-0.1, -0.05) is 0 Å². The Labute approximate surface area is 194 Å². The lowest BCUT2D eigenvalue weighted by molar-refractivity contribution is -0.130. The van der Waals surface area contributed by atoms with Gasteiger partial charge in [0.1, 0.15) is 11.4 Å². The number of ether oxygens (including phenoxy) is 3. The van der Waals surface area contributed by atoms with Crippen molar-refractivity contribution >= 4 is 24.1 Å². The molecule has 1 aromatic rings. The highest BCUT2D eigenvalue weighted by Gasteiger charge is 2.23. The minimum absolute atomic E-state index is 0.0826. The second-order valence-electron chi connectivity index (χ2n) is 8.51. The summed E-state index contributed by atoms with van der Waals surface area (Å²) in [6, 6.07) is 6.25. The highest BCUT2D eigenvalue weighted by Crippen LogP contribution is 2.16. The van der Waals surface area contributed by atoms with Crippen LogP contribution < -0.4 is 10.1 Å². The molecule has 0 aliphatic carbocycles. The van der Waals surface area contributed by atoms with Crippen molar-refractivity contribution in [2.24, 2.45) is 0 Å². The molecule has 1 aliphatic rings. The molecular weight excluding hydrogens is 430 g/mol. The average molecular weight is 464 g/mol. The summed E-state index contributed by atoms with van der Waals surface area (Å²) in [5.74, 6) is 0.0528. The van der Waals surface area contributed by atoms with E-state index in [1.54, 1.807) is 49.6 Å². The number of nitrogens with zero attached hydrogens (tertiary/aromatic N) is 2. The largest absolute Gasteiger partial charge is 0.513 e. The summed E-state index contributed by atoms with van der Waals surface area (Å²) in [6.07, 6.45) is -0.535. The molecule has 0 radical (unpaired) electrons. The first kappa shape index (κ1) is 26.0. The van der Waals surface area contributed by atoms with Crippen LogP contribution >= 0.6 is 0 Å². The van der Waals surface area contributed by atoms with Crippen LogP contribution in [0.15, 0.2) is 24.3 Å². The van der Waals surface area contributed by atoms with Gasteiger partial charge in [0.05, 0.1) is 6.61 Å². The molecule has 182 valence electrons. The molecule has 33 heavy (non-hydrogen) atoms. The van der Waals surface area contributed by atoms with Crippen molar-refractivity contribution in [3.63, 3.8) is 0 Å². The zero-order chi connectivity index (χ0) is 24.4. The van der Waals surface area contributed by atoms with Crippen LogP contribution in [-0.4, -0.2) is 78.8 Å². The van der Waals surface area contributed by atoms with Crippen molar-refractivity contribution in [2.45, 2.75) is 46.1 Å². The molecular formula is C23H33N3O7. The molecule has 3 amide bonds. The van der Waals surface area contributed by atoms with E-state index >= 15 is 0 Å². The SMILES string of the molecule is CCOC(=O)Oc1ccc(C(=O)N2CCCN(C(=O)CCNC(=O)OC(C)(C)C)CC2)cc1. The molecule has 1 saturated heterocycles. The topological polar surface area (TPSA) is 114 Å². The number of amides is 3. The van der Waals surface area contributed by atoms with Gasteiger partial charge in [-0.15, -0.1) is 0 Å². The van der Waals surface area contributed by atoms with Gasteiger partial charge >= 0.3 is 12.2 Å². The molecule has 10 heteroatoms. The molecule has 0 spiro atoms. The zero-order valence-corrected chi connectivity index (χ0v) is 19.7. The minimum Gasteiger partial charge on any atom is -0.444 e. The molecule has 1 N–H and O–H groups in total. The Bertz CT molecular complexity index is 833. The van der Waals surface area contributed by atoms with Crippen molar-refractivity contribution in [3.8, 4) is 5.75 Å². The molecule has 2 rings (SSSR count). The monoisotopic (exact) mass is 463 g/mol. The van der Waals surface area contributed by atoms with E-state index in [9.17, 15) is 19.2 Å². The summed E-state index contributed by atoms with van der Waals surface area (Å²) in [4.78, 5) is 51.9. The Hall–Kier alpha value is -3.30. The maximum Gasteiger partial charge on any atom is 0.513 e. The summed E-state index contributed by atoms with van der Waals surface area (Å²) >= 11 is 0. The van der Waals surface area contributed by atoms with Crippen LogP contribution in [0.4, 0.5) is 9.59 Å². The summed E-state index contributed by atoms with van der Waals surface area (Å²) in [5, 5.41) is 2.58. The number of carbonyl (C=O) groups excluding carboxylic acids is 4. The molecule has 0 unspecified atom stereocenters. The van der Waals surface area contributed by atoms with Gasteiger partial charge in [0.15, 0.2) is 0 Å². The van der Waals surface area contributed by atoms with Crippen LogP contribution in [0.1, 0.15) is 50.9 Å². The lowest BCUT2D eigenvalue weighted by atomic mass is 10.2. The Kier molecular flexibility index (Phi) is 9.50. The van der Waals surface area contributed by atoms with E-state index in [1.165, 1.54) is 12.1 Å². The summed E-state index contributed by atoms with van der Waals surface area (Å²) in [5.41, 5.74) is -0.129. The fourth-order valence-corrected chi connectivity index (χ4v) is 3.21. The van der Waals surface area contributed by atoms with Crippen molar-refractivity contribution in [2.75, 3.05) is 39.3 Å². The lowest BCUT2D eigenvalue weighted by Crippen LogP contribution is -2.39. The normalized spacial score (nSPS) is 14.2. The number of hydrogen-bond donors (Lipinski definition) is 1. The van der Waals surface area contributed by atoms with Crippen LogP contribution in [0.25, 0.3) is 0 Å². The quantitative estimate of drug-likeness (QED) is 0.510. The number of hydrogen-bond acceptors (Lipinski definition) is 7. The molecule has 1 aromatic carbocycles. The van der Waals surface area contributed by atoms with Crippen LogP contribution in [0.5, 0.6) is 5.75 Å². The van der Waals surface area contributed by atoms with E-state index in [4.69, 9.17) is 14.2 Å². The third-order valence-corrected chi connectivity index (χ3v) is 4.71. The summed E-state index contributed by atoms with van der Waals surface area (Å²) < 4.78 is 14.9. The molecule has 10 nitrogen and oxygen atoms in total. The molecule has 0 aromatic heterocycles. The van der Waals surface area contributed by atoms with Gasteiger partial charge in [-0.05, 0) is 58.4 Å². The Morgan fingerprint density at radius 2 is 1.61 bits per heavy atom. The smallest absolute Gasteiger partial charge is 0.444 e. The fraction of sp³-hybridized carbons (Fsp3) is 0.565. The highest BCUT2D eigenvalue weighted by molar-refractivity contribution is 5.94. The van der Waals surface area contributed by atoms with Gasteiger partial charge in [-0.2, -0.15) is 0 Å². The number of carbonyl (C=O) groups is 4. The van der Waals surface area contributed by atoms with E-state index in [-0.39, 0.29) is 37.1 Å². The van der Waals surface area contributed by atoms with E-state index in [2.05, 4.69) is 5.32 Å². The molecule has 0 bridgehead atoms. The summed E-state index contributed by atoms with van der Waals surface area (Å²) in [6.45, 7) is 9.29. The first-order valence-corrected chi connectivity index (χ1v) is 11.1. The zero-order valence-electron chi connectivity index (χ0n) is 19.7. The van der Waals surface area contributed by atoms with Crippen molar-refractivity contribution in [3.05, 3.63) is 29.8 Å². The maximum absolute atomic E-state index is 12.9. The van der Waals surface area contributed by atoms with Gasteiger partial charge in [-0.3, -0.25) is 9.59 Å². The average Bonchev–Trinajstić information content (AvgIpc) is 2.99. The molecule has 1 heterocycles. The lowest BCUT2D eigenvalue weighted by Gasteiger charge is -2.23. The van der Waals surface area contributed by atoms with Gasteiger partial charge in [-0.25, -0.2) is 9.59 Å². The Balaban J connectivity index is 1.81. The van der Waals surface area contributed by atoms with Gasteiger partial charge in [0.25, 0.3) is 5.91 Å². The van der Waals surface area contributed by atoms with E-state index < -0.39 is 17.8 Å². The second-order valence-corrected chi connectivity index (χ2v) is 8.51. The van der Waals surface area contributed by atoms with Gasteiger partial charge < -0.3 is 29.3 Å². The van der Waals surface area contributed by atoms with E-state index in [1.807, 2.05) is 0 Å². The number of alkyl carbamates (subject to hydrolysis) is 1. The first-order valence-electron chi connectivity index (χ1n) is 11.1. The standard InChI is InChI=1S/C23H33N3O7/c1-5-31-22(30)32-18-9-7-17(8-10-18)20(28)26-14-6-13-25(15-16-26)19(27)11-12-24-21(29)33-23(2,3)4/h7-10H,5-6,11-16H2,1-4H3,(H,24,29). The molecule has 0 saturated carbocycles. The third kappa shape index (κ3) is 8.99. The molecule has 1 aliphatic heterocycles. The van der Waals surface area contributed by atoms with Crippen molar-refractivity contribution < 1.29 is 33.4 Å². The Morgan fingerprint density at radius 1 is 0.970 bits per heavy atom. The first-order chi connectivity index (χ1) is 15.6. The van der Waals surface area contributed by atoms with Crippen molar-refractivity contribution in [1.29, 1.82) is 0 Å². The molecule has 0 atom stereocenters. The highest BCUT2D eigenvalue weighted by atomic mass is 16.7. The van der Waals surface area contributed by atoms with Crippen molar-refractivity contribution in [1.82, 2.24) is 15.1 Å². The predicted octanol–water partition coefficient (Wildman–Crippen LogP) is 2.81. The van der Waals surface area contributed by atoms with Crippen LogP contribution in [-0.2, 0) is 14.3 Å². The fourth-order valence-electron chi connectivity index (χ4n) is 3.21. The van der Waals surface area contributed by atoms with Crippen LogP contribution in [0.2, 0.25) is 0 Å². The maximum atomic E-state index is 12.9. The Morgan fingerprint density at radius 3 is 2.24 bits per heavy atom. The molecule has 1 fully saturated rings. The number of nitrogens with one attached hydrogen (secondary N) is 1. The van der Waals surface area contributed by atoms with Crippen LogP contribution in [0, 0.1) is 0 Å². The number of rotatable bonds is 6. The van der Waals surface area contributed by atoms with E-state index in [0.29, 0.717) is 38.2 Å². The second kappa shape index (κ2) is 12.1. The number of benzene rings is 1. The van der Waals surface area contributed by atoms with E-state index in [0.717, 1.165) is 0 Å². The third-order valence-electron chi connectivity index (χ3n) is 4.71. The van der Waals surface area contributed by atoms with Gasteiger partial charge in [0.2, 0.25) is 5.91 Å². The van der Waals surface area contributed by atoms with Crippen LogP contribution in [0.3, 0.4) is 0 Å². The predicted molar refractivity (Wildman–Crippen MR) is 120 cm³/mol. The van der Waals surface area contributed by atoms with Gasteiger partial charge in [0, 0.05) is 44.7 Å².